The molecular weight excluding hydrogens is 516 g/mol. The van der Waals surface area contributed by atoms with Crippen molar-refractivity contribution in [2.75, 3.05) is 5.32 Å². The van der Waals surface area contributed by atoms with Crippen LogP contribution in [0.15, 0.2) is 72.9 Å². The first-order valence-electron chi connectivity index (χ1n) is 13.8. The molecular formula is C33H40N4O4. The van der Waals surface area contributed by atoms with Crippen molar-refractivity contribution in [2.24, 2.45) is 0 Å². The molecule has 0 radical (unpaired) electrons. The predicted molar refractivity (Wildman–Crippen MR) is 163 cm³/mol. The first-order valence-corrected chi connectivity index (χ1v) is 13.8. The van der Waals surface area contributed by atoms with Gasteiger partial charge < -0.3 is 20.1 Å². The minimum atomic E-state index is -0.645. The molecule has 1 aromatic heterocycles. The number of carbonyl (C=O) groups excluding carboxylic acids is 2. The van der Waals surface area contributed by atoms with E-state index in [0.29, 0.717) is 12.1 Å². The molecule has 0 fully saturated rings. The number of rotatable bonds is 6. The van der Waals surface area contributed by atoms with Crippen LogP contribution in [-0.4, -0.2) is 33.2 Å². The highest BCUT2D eigenvalue weighted by Crippen LogP contribution is 2.36. The second-order valence-electron chi connectivity index (χ2n) is 12.6. The lowest BCUT2D eigenvalue weighted by molar-refractivity contribution is 0.0468. The van der Waals surface area contributed by atoms with Gasteiger partial charge in [0.2, 0.25) is 0 Å². The number of hydrogen-bond acceptors (Lipinski definition) is 6. The van der Waals surface area contributed by atoms with Gasteiger partial charge in [-0.3, -0.25) is 0 Å². The Hall–Kier alpha value is -4.33. The van der Waals surface area contributed by atoms with Gasteiger partial charge in [-0.1, -0.05) is 60.7 Å². The van der Waals surface area contributed by atoms with Crippen LogP contribution in [0, 0.1) is 0 Å². The Morgan fingerprint density at radius 3 is 2.05 bits per heavy atom. The second kappa shape index (κ2) is 11.3. The summed E-state index contributed by atoms with van der Waals surface area (Å²) in [5.41, 5.74) is 3.64. The van der Waals surface area contributed by atoms with Gasteiger partial charge in [0, 0.05) is 17.5 Å². The summed E-state index contributed by atoms with van der Waals surface area (Å²) >= 11 is 0. The predicted octanol–water partition coefficient (Wildman–Crippen LogP) is 7.86. The summed E-state index contributed by atoms with van der Waals surface area (Å²) in [5.74, 6) is 0. The van der Waals surface area contributed by atoms with E-state index in [0.717, 1.165) is 33.3 Å². The summed E-state index contributed by atoms with van der Waals surface area (Å²) in [7, 11) is 0. The minimum Gasteiger partial charge on any atom is -0.444 e. The van der Waals surface area contributed by atoms with E-state index in [2.05, 4.69) is 27.9 Å². The molecule has 4 aromatic rings. The fourth-order valence-corrected chi connectivity index (χ4v) is 4.47. The van der Waals surface area contributed by atoms with Crippen LogP contribution in [0.5, 0.6) is 0 Å². The first-order chi connectivity index (χ1) is 19.1. The Labute approximate surface area is 242 Å². The fraction of sp³-hybridized carbons (Fsp3) is 0.364. The maximum Gasteiger partial charge on any atom is 0.435 e. The standard InChI is InChI=1S/C33H40N4O4/c1-31(2,3)40-29(38)36-33(7,8)24-16-14-23(15-17-24)25-18-19-27-26(21-35-37(27)30(39)41-32(4,5)6)28(25)34-20-22-12-10-9-11-13-22/h9-19,21,34H,20H2,1-8H3,(H,36,38). The Morgan fingerprint density at radius 2 is 1.44 bits per heavy atom. The SMILES string of the molecule is CC(C)(C)OC(=O)NC(C)(C)c1ccc(-c2ccc3c(cnn3C(=O)OC(C)(C)C)c2NCc2ccccc2)cc1. The van der Waals surface area contributed by atoms with Crippen LogP contribution < -0.4 is 10.6 Å². The summed E-state index contributed by atoms with van der Waals surface area (Å²) in [6.45, 7) is 15.5. The van der Waals surface area contributed by atoms with E-state index in [9.17, 15) is 9.59 Å². The summed E-state index contributed by atoms with van der Waals surface area (Å²) < 4.78 is 12.3. The van der Waals surface area contributed by atoms with E-state index in [1.807, 2.05) is 110 Å². The average Bonchev–Trinajstić information content (AvgIpc) is 3.30. The largest absolute Gasteiger partial charge is 0.444 e. The summed E-state index contributed by atoms with van der Waals surface area (Å²) in [5, 5.41) is 11.7. The van der Waals surface area contributed by atoms with Crippen LogP contribution >= 0.6 is 0 Å². The van der Waals surface area contributed by atoms with Crippen LogP contribution in [0.25, 0.3) is 22.0 Å². The molecule has 0 aliphatic carbocycles. The normalized spacial score (nSPS) is 12.2. The smallest absolute Gasteiger partial charge is 0.435 e. The van der Waals surface area contributed by atoms with Crippen LogP contribution in [0.3, 0.4) is 0 Å². The topological polar surface area (TPSA) is 94.5 Å². The third-order valence-corrected chi connectivity index (χ3v) is 6.36. The molecule has 8 heteroatoms. The monoisotopic (exact) mass is 556 g/mol. The van der Waals surface area contributed by atoms with E-state index in [1.165, 1.54) is 4.68 Å². The minimum absolute atomic E-state index is 0.466. The zero-order valence-electron chi connectivity index (χ0n) is 25.2. The van der Waals surface area contributed by atoms with Gasteiger partial charge in [-0.25, -0.2) is 9.59 Å². The Kier molecular flexibility index (Phi) is 8.15. The number of alkyl carbamates (subject to hydrolysis) is 1. The summed E-state index contributed by atoms with van der Waals surface area (Å²) in [4.78, 5) is 25.3. The number of ether oxygens (including phenoxy) is 2. The number of nitrogens with one attached hydrogen (secondary N) is 2. The van der Waals surface area contributed by atoms with Crippen molar-refractivity contribution in [1.82, 2.24) is 15.1 Å². The van der Waals surface area contributed by atoms with Crippen molar-refractivity contribution in [2.45, 2.75) is 78.7 Å². The number of amides is 1. The summed E-state index contributed by atoms with van der Waals surface area (Å²) in [6.07, 6.45) is 0.697. The lowest BCUT2D eigenvalue weighted by Crippen LogP contribution is -2.43. The molecule has 41 heavy (non-hydrogen) atoms. The van der Waals surface area contributed by atoms with E-state index < -0.39 is 28.9 Å². The van der Waals surface area contributed by atoms with Gasteiger partial charge in [-0.05, 0) is 78.1 Å². The van der Waals surface area contributed by atoms with E-state index in [-0.39, 0.29) is 0 Å². The highest BCUT2D eigenvalue weighted by Gasteiger charge is 2.27. The lowest BCUT2D eigenvalue weighted by atomic mass is 9.92. The average molecular weight is 557 g/mol. The van der Waals surface area contributed by atoms with Crippen LogP contribution in [0.4, 0.5) is 15.3 Å². The molecule has 1 amide bonds. The molecule has 0 bridgehead atoms. The van der Waals surface area contributed by atoms with E-state index >= 15 is 0 Å². The fourth-order valence-electron chi connectivity index (χ4n) is 4.47. The molecule has 0 atom stereocenters. The molecule has 1 heterocycles. The summed E-state index contributed by atoms with van der Waals surface area (Å²) in [6, 6.07) is 22.0. The van der Waals surface area contributed by atoms with Crippen molar-refractivity contribution in [1.29, 1.82) is 0 Å². The maximum absolute atomic E-state index is 12.9. The van der Waals surface area contributed by atoms with Crippen LogP contribution in [-0.2, 0) is 21.6 Å². The first kappa shape index (κ1) is 29.6. The van der Waals surface area contributed by atoms with Gasteiger partial charge in [0.05, 0.1) is 22.9 Å². The number of hydrogen-bond donors (Lipinski definition) is 2. The van der Waals surface area contributed by atoms with Gasteiger partial charge in [-0.15, -0.1) is 0 Å². The Bertz CT molecular complexity index is 1530. The zero-order valence-corrected chi connectivity index (χ0v) is 25.2. The van der Waals surface area contributed by atoms with E-state index in [1.54, 1.807) is 6.20 Å². The quantitative estimate of drug-likeness (QED) is 0.251. The van der Waals surface area contributed by atoms with Gasteiger partial charge >= 0.3 is 12.2 Å². The molecule has 0 saturated carbocycles. The Balaban J connectivity index is 1.69. The molecule has 0 aliphatic heterocycles. The van der Waals surface area contributed by atoms with Crippen molar-refractivity contribution in [3.05, 3.63) is 84.1 Å². The Morgan fingerprint density at radius 1 is 0.805 bits per heavy atom. The number of carbonyl (C=O) groups is 2. The number of fused-ring (bicyclic) bond motifs is 1. The molecule has 8 nitrogen and oxygen atoms in total. The highest BCUT2D eigenvalue weighted by atomic mass is 16.6. The molecule has 0 saturated heterocycles. The van der Waals surface area contributed by atoms with Crippen molar-refractivity contribution < 1.29 is 19.1 Å². The maximum atomic E-state index is 12.9. The number of nitrogens with zero attached hydrogens (tertiary/aromatic N) is 2. The third kappa shape index (κ3) is 7.45. The third-order valence-electron chi connectivity index (χ3n) is 6.36. The molecule has 0 unspecified atom stereocenters. The molecule has 4 rings (SSSR count). The second-order valence-corrected chi connectivity index (χ2v) is 12.6. The van der Waals surface area contributed by atoms with Crippen LogP contribution in [0.2, 0.25) is 0 Å². The van der Waals surface area contributed by atoms with Gasteiger partial charge in [-0.2, -0.15) is 9.78 Å². The number of benzene rings is 3. The van der Waals surface area contributed by atoms with Crippen molar-refractivity contribution >= 4 is 28.8 Å². The van der Waals surface area contributed by atoms with Crippen LogP contribution in [0.1, 0.15) is 66.5 Å². The molecule has 2 N–H and O–H groups in total. The lowest BCUT2D eigenvalue weighted by Gasteiger charge is -2.29. The van der Waals surface area contributed by atoms with Crippen molar-refractivity contribution in [3.63, 3.8) is 0 Å². The van der Waals surface area contributed by atoms with Gasteiger partial charge in [0.15, 0.2) is 0 Å². The zero-order chi connectivity index (χ0) is 30.0. The van der Waals surface area contributed by atoms with Gasteiger partial charge in [0.25, 0.3) is 0 Å². The molecule has 3 aromatic carbocycles. The van der Waals surface area contributed by atoms with Gasteiger partial charge in [0.1, 0.15) is 11.2 Å². The highest BCUT2D eigenvalue weighted by molar-refractivity contribution is 6.02. The molecule has 216 valence electrons. The van der Waals surface area contributed by atoms with Crippen molar-refractivity contribution in [3.8, 4) is 11.1 Å². The molecule has 0 spiro atoms. The number of aromatic nitrogens is 2. The molecule has 0 aliphatic rings. The van der Waals surface area contributed by atoms with E-state index in [4.69, 9.17) is 9.47 Å². The number of anilines is 1.